The Morgan fingerprint density at radius 2 is 2.23 bits per heavy atom. The zero-order valence-corrected chi connectivity index (χ0v) is 7.09. The van der Waals surface area contributed by atoms with Crippen molar-refractivity contribution in [3.05, 3.63) is 48.5 Å². The third-order valence-corrected chi connectivity index (χ3v) is 2.23. The maximum absolute atomic E-state index is 4.45. The van der Waals surface area contributed by atoms with Gasteiger partial charge >= 0.3 is 0 Å². The average Bonchev–Trinajstić information content (AvgIpc) is 2.61. The molecule has 0 amide bonds. The summed E-state index contributed by atoms with van der Waals surface area (Å²) in [5.41, 5.74) is 1.12. The van der Waals surface area contributed by atoms with Crippen molar-refractivity contribution in [1.29, 1.82) is 0 Å². The third-order valence-electron chi connectivity index (χ3n) is 2.23. The lowest BCUT2D eigenvalue weighted by molar-refractivity contribution is 0.451. The van der Waals surface area contributed by atoms with Gasteiger partial charge in [-0.2, -0.15) is 0 Å². The van der Waals surface area contributed by atoms with Crippen molar-refractivity contribution in [1.82, 2.24) is 9.91 Å². The second-order valence-electron chi connectivity index (χ2n) is 3.11. The fourth-order valence-corrected chi connectivity index (χ4v) is 1.58. The van der Waals surface area contributed by atoms with Gasteiger partial charge in [0.2, 0.25) is 0 Å². The van der Waals surface area contributed by atoms with Gasteiger partial charge in [-0.05, 0) is 18.2 Å². The third kappa shape index (κ3) is 0.935. The van der Waals surface area contributed by atoms with Crippen LogP contribution in [0.3, 0.4) is 0 Å². The standard InChI is InChI=1S/C10H9N3/c1-2-7-13-9(4-1)8-12-6-3-5-10(12)11-13/h1-5,7-8H,6H2. The van der Waals surface area contributed by atoms with E-state index >= 15 is 0 Å². The van der Waals surface area contributed by atoms with E-state index < -0.39 is 0 Å². The first-order valence-electron chi connectivity index (χ1n) is 4.31. The molecule has 0 aromatic heterocycles. The van der Waals surface area contributed by atoms with E-state index in [1.54, 1.807) is 0 Å². The molecule has 0 aromatic carbocycles. The number of amidine groups is 1. The molecule has 0 spiro atoms. The van der Waals surface area contributed by atoms with Crippen molar-refractivity contribution in [2.24, 2.45) is 5.10 Å². The van der Waals surface area contributed by atoms with Crippen LogP contribution in [-0.2, 0) is 0 Å². The Hall–Kier alpha value is -1.77. The molecule has 3 rings (SSSR count). The number of hydrogen-bond acceptors (Lipinski definition) is 3. The first-order valence-corrected chi connectivity index (χ1v) is 4.31. The lowest BCUT2D eigenvalue weighted by Gasteiger charge is -2.27. The zero-order chi connectivity index (χ0) is 8.67. The largest absolute Gasteiger partial charge is 0.326 e. The van der Waals surface area contributed by atoms with Gasteiger partial charge < -0.3 is 4.90 Å². The maximum atomic E-state index is 4.45. The first-order chi connectivity index (χ1) is 6.43. The molecule has 0 bridgehead atoms. The summed E-state index contributed by atoms with van der Waals surface area (Å²) < 4.78 is 0. The van der Waals surface area contributed by atoms with Crippen LogP contribution < -0.4 is 0 Å². The minimum Gasteiger partial charge on any atom is -0.326 e. The Morgan fingerprint density at radius 3 is 3.23 bits per heavy atom. The summed E-state index contributed by atoms with van der Waals surface area (Å²) in [5.74, 6) is 1.02. The number of rotatable bonds is 0. The highest BCUT2D eigenvalue weighted by atomic mass is 15.5. The van der Waals surface area contributed by atoms with Crippen LogP contribution in [0.1, 0.15) is 0 Å². The molecule has 13 heavy (non-hydrogen) atoms. The molecular formula is C10H9N3. The van der Waals surface area contributed by atoms with E-state index in [1.807, 2.05) is 29.4 Å². The fourth-order valence-electron chi connectivity index (χ4n) is 1.58. The minimum absolute atomic E-state index is 0.938. The van der Waals surface area contributed by atoms with E-state index in [9.17, 15) is 0 Å². The Labute approximate surface area is 76.6 Å². The lowest BCUT2D eigenvalue weighted by atomic mass is 10.3. The summed E-state index contributed by atoms with van der Waals surface area (Å²) in [4.78, 5) is 2.13. The van der Waals surface area contributed by atoms with E-state index in [2.05, 4.69) is 28.4 Å². The number of fused-ring (bicyclic) bond motifs is 2. The second kappa shape index (κ2) is 2.36. The fraction of sp³-hybridized carbons (Fsp3) is 0.100. The van der Waals surface area contributed by atoms with Crippen LogP contribution >= 0.6 is 0 Å². The average molecular weight is 171 g/mol. The minimum atomic E-state index is 0.938. The van der Waals surface area contributed by atoms with Gasteiger partial charge in [-0.15, -0.1) is 5.10 Å². The molecule has 0 saturated heterocycles. The van der Waals surface area contributed by atoms with Crippen LogP contribution in [0, 0.1) is 0 Å². The predicted molar refractivity (Wildman–Crippen MR) is 51.5 cm³/mol. The van der Waals surface area contributed by atoms with Crippen molar-refractivity contribution in [3.63, 3.8) is 0 Å². The Kier molecular flexibility index (Phi) is 1.22. The van der Waals surface area contributed by atoms with Gasteiger partial charge in [-0.3, -0.25) is 0 Å². The Morgan fingerprint density at radius 1 is 1.23 bits per heavy atom. The van der Waals surface area contributed by atoms with Gasteiger partial charge in [0.15, 0.2) is 5.84 Å². The summed E-state index contributed by atoms with van der Waals surface area (Å²) in [6.45, 7) is 0.938. The summed E-state index contributed by atoms with van der Waals surface area (Å²) >= 11 is 0. The second-order valence-corrected chi connectivity index (χ2v) is 3.11. The lowest BCUT2D eigenvalue weighted by Crippen LogP contribution is -2.29. The van der Waals surface area contributed by atoms with Crippen molar-refractivity contribution in [3.8, 4) is 0 Å². The SMILES string of the molecule is C1=CC2=CN3CC=CC3=NN2C=C1. The quantitative estimate of drug-likeness (QED) is 0.548. The van der Waals surface area contributed by atoms with Gasteiger partial charge in [-0.25, -0.2) is 5.01 Å². The van der Waals surface area contributed by atoms with Crippen molar-refractivity contribution >= 4 is 5.84 Å². The van der Waals surface area contributed by atoms with Gasteiger partial charge in [0.05, 0.1) is 5.70 Å². The molecule has 3 heteroatoms. The van der Waals surface area contributed by atoms with Gasteiger partial charge in [0.1, 0.15) is 0 Å². The molecule has 0 radical (unpaired) electrons. The number of hydrazone groups is 1. The molecular weight excluding hydrogens is 162 g/mol. The number of hydrogen-bond donors (Lipinski definition) is 0. The molecule has 0 N–H and O–H groups in total. The molecule has 0 aliphatic carbocycles. The molecule has 0 unspecified atom stereocenters. The predicted octanol–water partition coefficient (Wildman–Crippen LogP) is 1.41. The molecule has 0 saturated carbocycles. The molecule has 0 atom stereocenters. The maximum Gasteiger partial charge on any atom is 0.153 e. The van der Waals surface area contributed by atoms with Crippen molar-refractivity contribution in [2.75, 3.05) is 6.54 Å². The van der Waals surface area contributed by atoms with Crippen LogP contribution in [0.4, 0.5) is 0 Å². The van der Waals surface area contributed by atoms with Gasteiger partial charge in [-0.1, -0.05) is 12.2 Å². The molecule has 3 heterocycles. The normalized spacial score (nSPS) is 22.8. The van der Waals surface area contributed by atoms with Crippen molar-refractivity contribution < 1.29 is 0 Å². The van der Waals surface area contributed by atoms with E-state index in [1.165, 1.54) is 0 Å². The van der Waals surface area contributed by atoms with E-state index in [-0.39, 0.29) is 0 Å². The van der Waals surface area contributed by atoms with E-state index in [0.29, 0.717) is 0 Å². The molecule has 0 fully saturated rings. The Balaban J connectivity index is 2.04. The van der Waals surface area contributed by atoms with E-state index in [4.69, 9.17) is 0 Å². The number of nitrogens with zero attached hydrogens (tertiary/aromatic N) is 3. The summed E-state index contributed by atoms with van der Waals surface area (Å²) in [7, 11) is 0. The molecule has 3 aliphatic heterocycles. The van der Waals surface area contributed by atoms with Crippen LogP contribution in [0.25, 0.3) is 0 Å². The summed E-state index contributed by atoms with van der Waals surface area (Å²) in [6, 6.07) is 0. The number of allylic oxidation sites excluding steroid dienone is 3. The van der Waals surface area contributed by atoms with Crippen LogP contribution in [0.5, 0.6) is 0 Å². The van der Waals surface area contributed by atoms with Gasteiger partial charge in [0.25, 0.3) is 0 Å². The molecule has 64 valence electrons. The smallest absolute Gasteiger partial charge is 0.153 e. The zero-order valence-electron chi connectivity index (χ0n) is 7.09. The van der Waals surface area contributed by atoms with Gasteiger partial charge in [0, 0.05) is 18.9 Å². The summed E-state index contributed by atoms with van der Waals surface area (Å²) in [6.07, 6.45) is 14.3. The topological polar surface area (TPSA) is 18.8 Å². The van der Waals surface area contributed by atoms with Crippen molar-refractivity contribution in [2.45, 2.75) is 0 Å². The first kappa shape index (κ1) is 6.71. The molecule has 3 aliphatic rings. The molecule has 0 aromatic rings. The molecule has 3 nitrogen and oxygen atoms in total. The van der Waals surface area contributed by atoms with Crippen LogP contribution in [0.2, 0.25) is 0 Å². The van der Waals surface area contributed by atoms with E-state index in [0.717, 1.165) is 18.1 Å². The summed E-state index contributed by atoms with van der Waals surface area (Å²) in [5, 5.41) is 6.34. The van der Waals surface area contributed by atoms with Crippen LogP contribution in [0.15, 0.2) is 53.6 Å². The highest BCUT2D eigenvalue weighted by Crippen LogP contribution is 2.21. The monoisotopic (exact) mass is 171 g/mol. The van der Waals surface area contributed by atoms with Crippen LogP contribution in [-0.4, -0.2) is 22.3 Å². The highest BCUT2D eigenvalue weighted by molar-refractivity contribution is 5.96. The Bertz CT molecular complexity index is 385. The highest BCUT2D eigenvalue weighted by Gasteiger charge is 2.19.